The highest BCUT2D eigenvalue weighted by Gasteiger charge is 2.44. The topological polar surface area (TPSA) is 69.4 Å². The van der Waals surface area contributed by atoms with Gasteiger partial charge in [0.2, 0.25) is 6.04 Å². The Labute approximate surface area is 108 Å². The number of nitro groups is 1. The van der Waals surface area contributed by atoms with Gasteiger partial charge in [-0.25, -0.2) is 0 Å². The summed E-state index contributed by atoms with van der Waals surface area (Å²) >= 11 is 0. The van der Waals surface area contributed by atoms with Crippen molar-refractivity contribution < 1.29 is 14.5 Å². The van der Waals surface area contributed by atoms with E-state index in [0.29, 0.717) is 13.0 Å². The molecule has 2 atom stereocenters. The van der Waals surface area contributed by atoms with Gasteiger partial charge in [-0.3, -0.25) is 14.9 Å². The van der Waals surface area contributed by atoms with Gasteiger partial charge in [-0.1, -0.05) is 20.3 Å². The Balaban J connectivity index is 2.74. The molecular formula is C13H23NO4. The largest absolute Gasteiger partial charge is 0.466 e. The summed E-state index contributed by atoms with van der Waals surface area (Å²) in [7, 11) is 0. The average Bonchev–Trinajstić information content (AvgIpc) is 2.28. The van der Waals surface area contributed by atoms with E-state index >= 15 is 0 Å². The van der Waals surface area contributed by atoms with Crippen LogP contribution in [0.15, 0.2) is 0 Å². The van der Waals surface area contributed by atoms with E-state index in [1.165, 1.54) is 0 Å². The van der Waals surface area contributed by atoms with E-state index in [9.17, 15) is 14.9 Å². The van der Waals surface area contributed by atoms with E-state index in [2.05, 4.69) is 0 Å². The van der Waals surface area contributed by atoms with Crippen LogP contribution in [0.5, 0.6) is 0 Å². The van der Waals surface area contributed by atoms with Gasteiger partial charge in [0.05, 0.1) is 13.0 Å². The second-order valence-corrected chi connectivity index (χ2v) is 5.71. The number of esters is 1. The minimum absolute atomic E-state index is 0.0364. The quantitative estimate of drug-likeness (QED) is 0.431. The first kappa shape index (κ1) is 14.9. The third kappa shape index (κ3) is 3.68. The van der Waals surface area contributed by atoms with Crippen molar-refractivity contribution in [2.45, 2.75) is 58.9 Å². The third-order valence-electron chi connectivity index (χ3n) is 3.91. The van der Waals surface area contributed by atoms with Crippen LogP contribution in [0.25, 0.3) is 0 Å². The Bertz CT molecular complexity index is 314. The van der Waals surface area contributed by atoms with Crippen LogP contribution in [0, 0.1) is 21.4 Å². The molecule has 0 radical (unpaired) electrons. The zero-order valence-corrected chi connectivity index (χ0v) is 11.5. The Morgan fingerprint density at radius 2 is 2.00 bits per heavy atom. The minimum Gasteiger partial charge on any atom is -0.466 e. The van der Waals surface area contributed by atoms with E-state index in [1.54, 1.807) is 6.92 Å². The molecule has 1 saturated carbocycles. The molecule has 18 heavy (non-hydrogen) atoms. The summed E-state index contributed by atoms with van der Waals surface area (Å²) in [4.78, 5) is 22.5. The maximum absolute atomic E-state index is 11.6. The lowest BCUT2D eigenvalue weighted by molar-refractivity contribution is -0.539. The molecule has 0 heterocycles. The smallest absolute Gasteiger partial charge is 0.306 e. The van der Waals surface area contributed by atoms with Crippen molar-refractivity contribution in [3.05, 3.63) is 10.1 Å². The van der Waals surface area contributed by atoms with Crippen molar-refractivity contribution in [3.8, 4) is 0 Å². The standard InChI is InChI=1S/C13H23NO4/c1-4-18-12(15)9-13(2,3)10-7-5-6-8-11(10)14(16)17/h10-11H,4-9H2,1-3H3/t10-,11-/m1/s1. The third-order valence-corrected chi connectivity index (χ3v) is 3.91. The van der Waals surface area contributed by atoms with Gasteiger partial charge < -0.3 is 4.74 Å². The van der Waals surface area contributed by atoms with Crippen LogP contribution in [0.3, 0.4) is 0 Å². The molecule has 0 spiro atoms. The van der Waals surface area contributed by atoms with E-state index in [-0.39, 0.29) is 28.6 Å². The monoisotopic (exact) mass is 257 g/mol. The summed E-state index contributed by atoms with van der Waals surface area (Å²) in [6, 6.07) is -0.511. The lowest BCUT2D eigenvalue weighted by Gasteiger charge is -2.37. The highest BCUT2D eigenvalue weighted by atomic mass is 16.6. The zero-order valence-electron chi connectivity index (χ0n) is 11.5. The second kappa shape index (κ2) is 6.16. The van der Waals surface area contributed by atoms with Gasteiger partial charge in [-0.2, -0.15) is 0 Å². The predicted molar refractivity (Wildman–Crippen MR) is 67.8 cm³/mol. The molecule has 1 fully saturated rings. The van der Waals surface area contributed by atoms with Gasteiger partial charge >= 0.3 is 5.97 Å². The number of nitrogens with zero attached hydrogens (tertiary/aromatic N) is 1. The molecule has 0 bridgehead atoms. The summed E-state index contributed by atoms with van der Waals surface area (Å²) < 4.78 is 4.96. The van der Waals surface area contributed by atoms with E-state index in [0.717, 1.165) is 19.3 Å². The highest BCUT2D eigenvalue weighted by Crippen LogP contribution is 2.42. The van der Waals surface area contributed by atoms with Crippen molar-refractivity contribution in [2.24, 2.45) is 11.3 Å². The molecule has 104 valence electrons. The number of ether oxygens (including phenoxy) is 1. The normalized spacial score (nSPS) is 24.6. The molecule has 1 rings (SSSR count). The molecule has 0 aromatic carbocycles. The summed E-state index contributed by atoms with van der Waals surface area (Å²) in [5, 5.41) is 11.1. The Morgan fingerprint density at radius 3 is 2.56 bits per heavy atom. The molecular weight excluding hydrogens is 234 g/mol. The van der Waals surface area contributed by atoms with Gasteiger partial charge in [0.25, 0.3) is 0 Å². The summed E-state index contributed by atoms with van der Waals surface area (Å²) in [6.07, 6.45) is 3.65. The van der Waals surface area contributed by atoms with Crippen molar-refractivity contribution >= 4 is 5.97 Å². The SMILES string of the molecule is CCOC(=O)CC(C)(C)[C@@H]1CCCC[C@H]1[N+](=O)[O-]. The molecule has 0 aliphatic heterocycles. The van der Waals surface area contributed by atoms with E-state index in [1.807, 2.05) is 13.8 Å². The summed E-state index contributed by atoms with van der Waals surface area (Å²) in [5.74, 6) is -0.291. The fourth-order valence-corrected chi connectivity index (χ4v) is 2.99. The average molecular weight is 257 g/mol. The number of carbonyl (C=O) groups excluding carboxylic acids is 1. The molecule has 1 aliphatic carbocycles. The van der Waals surface area contributed by atoms with Crippen LogP contribution in [0.1, 0.15) is 52.9 Å². The van der Waals surface area contributed by atoms with Crippen molar-refractivity contribution in [1.29, 1.82) is 0 Å². The Kier molecular flexibility index (Phi) is 5.11. The van der Waals surface area contributed by atoms with Crippen molar-refractivity contribution in [3.63, 3.8) is 0 Å². The molecule has 0 unspecified atom stereocenters. The number of rotatable bonds is 5. The first-order valence-corrected chi connectivity index (χ1v) is 6.67. The lowest BCUT2D eigenvalue weighted by Crippen LogP contribution is -2.42. The van der Waals surface area contributed by atoms with Gasteiger partial charge in [0.15, 0.2) is 0 Å². The fraction of sp³-hybridized carbons (Fsp3) is 0.923. The molecule has 0 saturated heterocycles. The van der Waals surface area contributed by atoms with Crippen LogP contribution in [0.4, 0.5) is 0 Å². The first-order chi connectivity index (χ1) is 8.38. The second-order valence-electron chi connectivity index (χ2n) is 5.71. The van der Waals surface area contributed by atoms with E-state index < -0.39 is 6.04 Å². The van der Waals surface area contributed by atoms with Crippen LogP contribution in [0.2, 0.25) is 0 Å². The summed E-state index contributed by atoms with van der Waals surface area (Å²) in [6.45, 7) is 6.01. The molecule has 0 N–H and O–H groups in total. The van der Waals surface area contributed by atoms with Crippen LogP contribution < -0.4 is 0 Å². The van der Waals surface area contributed by atoms with Crippen LogP contribution in [-0.2, 0) is 9.53 Å². The first-order valence-electron chi connectivity index (χ1n) is 6.67. The number of hydrogen-bond donors (Lipinski definition) is 0. The molecule has 1 aliphatic rings. The minimum atomic E-state index is -0.511. The maximum Gasteiger partial charge on any atom is 0.306 e. The number of hydrogen-bond acceptors (Lipinski definition) is 4. The molecule has 0 aromatic rings. The lowest BCUT2D eigenvalue weighted by atomic mass is 9.67. The van der Waals surface area contributed by atoms with Crippen LogP contribution >= 0.6 is 0 Å². The Morgan fingerprint density at radius 1 is 1.39 bits per heavy atom. The van der Waals surface area contributed by atoms with Crippen molar-refractivity contribution in [1.82, 2.24) is 0 Å². The fourth-order valence-electron chi connectivity index (χ4n) is 2.99. The molecule has 5 nitrogen and oxygen atoms in total. The molecule has 0 aromatic heterocycles. The van der Waals surface area contributed by atoms with Crippen LogP contribution in [-0.4, -0.2) is 23.5 Å². The Hall–Kier alpha value is -1.13. The number of carbonyl (C=O) groups is 1. The van der Waals surface area contributed by atoms with Gasteiger partial charge in [0, 0.05) is 17.3 Å². The van der Waals surface area contributed by atoms with Crippen molar-refractivity contribution in [2.75, 3.05) is 6.61 Å². The predicted octanol–water partition coefficient (Wildman–Crippen LogP) is 2.80. The molecule has 0 amide bonds. The molecule has 5 heteroatoms. The van der Waals surface area contributed by atoms with Gasteiger partial charge in [-0.15, -0.1) is 0 Å². The maximum atomic E-state index is 11.6. The van der Waals surface area contributed by atoms with Gasteiger partial charge in [-0.05, 0) is 25.2 Å². The highest BCUT2D eigenvalue weighted by molar-refractivity contribution is 5.70. The van der Waals surface area contributed by atoms with E-state index in [4.69, 9.17) is 4.74 Å². The summed E-state index contributed by atoms with van der Waals surface area (Å²) in [5.41, 5.74) is -0.371. The van der Waals surface area contributed by atoms with Gasteiger partial charge in [0.1, 0.15) is 0 Å². The zero-order chi connectivity index (χ0) is 13.8.